The van der Waals surface area contributed by atoms with E-state index in [1.807, 2.05) is 25.1 Å². The number of aliphatic hydroxyl groups is 1. The summed E-state index contributed by atoms with van der Waals surface area (Å²) in [6, 6.07) is 7.97. The molecule has 1 unspecified atom stereocenters. The summed E-state index contributed by atoms with van der Waals surface area (Å²) in [4.78, 5) is 18.2. The molecule has 1 aliphatic rings. The van der Waals surface area contributed by atoms with Crippen LogP contribution in [0.2, 0.25) is 0 Å². The van der Waals surface area contributed by atoms with Crippen molar-refractivity contribution < 1.29 is 9.90 Å². The van der Waals surface area contributed by atoms with Crippen LogP contribution >= 0.6 is 0 Å². The lowest BCUT2D eigenvalue weighted by atomic mass is 10.2. The lowest BCUT2D eigenvalue weighted by molar-refractivity contribution is 0.113. The van der Waals surface area contributed by atoms with Gasteiger partial charge in [-0.15, -0.1) is 0 Å². The third kappa shape index (κ3) is 3.87. The van der Waals surface area contributed by atoms with Crippen molar-refractivity contribution in [2.45, 2.75) is 38.8 Å². The summed E-state index contributed by atoms with van der Waals surface area (Å²) < 4.78 is 2.18. The minimum atomic E-state index is -0.388. The molecular formula is C18H26N4O2. The van der Waals surface area contributed by atoms with Gasteiger partial charge < -0.3 is 19.9 Å². The molecule has 2 N–H and O–H groups in total. The summed E-state index contributed by atoms with van der Waals surface area (Å²) in [6.45, 7) is 3.84. The SMILES string of the molecule is Cc1nc2ccccc2n1CCCNC(=O)N(C)CC(O)C1CC1. The largest absolute Gasteiger partial charge is 0.391 e. The Hall–Kier alpha value is -2.08. The number of nitrogens with one attached hydrogen (secondary N) is 1. The maximum Gasteiger partial charge on any atom is 0.317 e. The smallest absolute Gasteiger partial charge is 0.317 e. The highest BCUT2D eigenvalue weighted by Crippen LogP contribution is 2.32. The van der Waals surface area contributed by atoms with Crippen molar-refractivity contribution in [3.8, 4) is 0 Å². The monoisotopic (exact) mass is 330 g/mol. The molecule has 2 amide bonds. The van der Waals surface area contributed by atoms with Gasteiger partial charge in [0.2, 0.25) is 0 Å². The fourth-order valence-electron chi connectivity index (χ4n) is 3.04. The maximum atomic E-state index is 12.0. The van der Waals surface area contributed by atoms with Gasteiger partial charge in [-0.3, -0.25) is 0 Å². The number of aryl methyl sites for hydroxylation is 2. The van der Waals surface area contributed by atoms with Crippen LogP contribution in [0.15, 0.2) is 24.3 Å². The van der Waals surface area contributed by atoms with Gasteiger partial charge in [-0.2, -0.15) is 0 Å². The molecule has 0 spiro atoms. The molecule has 0 bridgehead atoms. The van der Waals surface area contributed by atoms with Crippen LogP contribution in [0.4, 0.5) is 4.79 Å². The van der Waals surface area contributed by atoms with Crippen LogP contribution in [0.3, 0.4) is 0 Å². The number of carbonyl (C=O) groups is 1. The first kappa shape index (κ1) is 16.8. The molecule has 24 heavy (non-hydrogen) atoms. The molecule has 1 aliphatic carbocycles. The zero-order valence-electron chi connectivity index (χ0n) is 14.4. The Morgan fingerprint density at radius 1 is 1.46 bits per heavy atom. The molecule has 1 atom stereocenters. The molecule has 1 aromatic heterocycles. The van der Waals surface area contributed by atoms with Crippen LogP contribution in [-0.4, -0.2) is 51.8 Å². The van der Waals surface area contributed by atoms with Crippen molar-refractivity contribution in [1.82, 2.24) is 19.8 Å². The Bertz CT molecular complexity index is 708. The average molecular weight is 330 g/mol. The van der Waals surface area contributed by atoms with Gasteiger partial charge in [0.1, 0.15) is 5.82 Å². The van der Waals surface area contributed by atoms with Gasteiger partial charge in [0.25, 0.3) is 0 Å². The number of rotatable bonds is 7. The minimum absolute atomic E-state index is 0.123. The number of benzene rings is 1. The third-order valence-electron chi connectivity index (χ3n) is 4.65. The number of nitrogens with zero attached hydrogens (tertiary/aromatic N) is 3. The summed E-state index contributed by atoms with van der Waals surface area (Å²) in [6.07, 6.45) is 2.61. The molecule has 0 aliphatic heterocycles. The van der Waals surface area contributed by atoms with Crippen molar-refractivity contribution >= 4 is 17.1 Å². The van der Waals surface area contributed by atoms with E-state index in [9.17, 15) is 9.90 Å². The normalized spacial score (nSPS) is 15.5. The molecule has 1 heterocycles. The highest BCUT2D eigenvalue weighted by atomic mass is 16.3. The fraction of sp³-hybridized carbons (Fsp3) is 0.556. The fourth-order valence-corrected chi connectivity index (χ4v) is 3.04. The Kier molecular flexibility index (Phi) is 5.04. The van der Waals surface area contributed by atoms with Gasteiger partial charge in [-0.05, 0) is 44.2 Å². The van der Waals surface area contributed by atoms with Gasteiger partial charge in [-0.1, -0.05) is 12.1 Å². The van der Waals surface area contributed by atoms with E-state index in [1.165, 1.54) is 0 Å². The molecule has 1 aromatic carbocycles. The molecule has 2 aromatic rings. The predicted octanol–water partition coefficient (Wildman–Crippen LogP) is 2.15. The van der Waals surface area contributed by atoms with Crippen molar-refractivity contribution in [2.24, 2.45) is 5.92 Å². The Labute approximate surface area is 142 Å². The number of imidazole rings is 1. The van der Waals surface area contributed by atoms with Crippen molar-refractivity contribution in [3.05, 3.63) is 30.1 Å². The number of urea groups is 1. The van der Waals surface area contributed by atoms with E-state index in [0.717, 1.165) is 42.7 Å². The maximum absolute atomic E-state index is 12.0. The number of hydrogen-bond acceptors (Lipinski definition) is 3. The molecule has 1 saturated carbocycles. The van der Waals surface area contributed by atoms with Gasteiger partial charge in [0.05, 0.1) is 17.1 Å². The van der Waals surface area contributed by atoms with E-state index in [1.54, 1.807) is 11.9 Å². The molecule has 130 valence electrons. The second kappa shape index (κ2) is 7.21. The highest BCUT2D eigenvalue weighted by Gasteiger charge is 2.31. The number of amides is 2. The molecular weight excluding hydrogens is 304 g/mol. The highest BCUT2D eigenvalue weighted by molar-refractivity contribution is 5.76. The standard InChI is InChI=1S/C18H26N4O2/c1-13-20-15-6-3-4-7-16(15)22(13)11-5-10-19-18(24)21(2)12-17(23)14-8-9-14/h3-4,6-7,14,17,23H,5,8-12H2,1-2H3,(H,19,24). The number of hydrogen-bond donors (Lipinski definition) is 2. The number of para-hydroxylation sites is 2. The molecule has 6 nitrogen and oxygen atoms in total. The van der Waals surface area contributed by atoms with E-state index >= 15 is 0 Å². The van der Waals surface area contributed by atoms with E-state index in [-0.39, 0.29) is 12.1 Å². The van der Waals surface area contributed by atoms with Gasteiger partial charge in [0.15, 0.2) is 0 Å². The van der Waals surface area contributed by atoms with E-state index in [0.29, 0.717) is 19.0 Å². The Morgan fingerprint density at radius 3 is 2.96 bits per heavy atom. The van der Waals surface area contributed by atoms with E-state index in [4.69, 9.17) is 0 Å². The molecule has 0 saturated heterocycles. The van der Waals surface area contributed by atoms with Crippen LogP contribution in [0.5, 0.6) is 0 Å². The molecule has 6 heteroatoms. The van der Waals surface area contributed by atoms with Crippen LogP contribution in [-0.2, 0) is 6.54 Å². The zero-order valence-corrected chi connectivity index (χ0v) is 14.4. The Balaban J connectivity index is 1.44. The number of aromatic nitrogens is 2. The number of aliphatic hydroxyl groups excluding tert-OH is 1. The van der Waals surface area contributed by atoms with Gasteiger partial charge >= 0.3 is 6.03 Å². The number of fused-ring (bicyclic) bond motifs is 1. The van der Waals surface area contributed by atoms with Gasteiger partial charge in [-0.25, -0.2) is 9.78 Å². The third-order valence-corrected chi connectivity index (χ3v) is 4.65. The average Bonchev–Trinajstić information content (AvgIpc) is 3.36. The van der Waals surface area contributed by atoms with Crippen LogP contribution in [0, 0.1) is 12.8 Å². The molecule has 0 radical (unpaired) electrons. The van der Waals surface area contributed by atoms with Gasteiger partial charge in [0, 0.05) is 26.7 Å². The van der Waals surface area contributed by atoms with E-state index in [2.05, 4.69) is 20.9 Å². The van der Waals surface area contributed by atoms with Crippen molar-refractivity contribution in [1.29, 1.82) is 0 Å². The predicted molar refractivity (Wildman–Crippen MR) is 93.8 cm³/mol. The second-order valence-corrected chi connectivity index (χ2v) is 6.67. The van der Waals surface area contributed by atoms with E-state index < -0.39 is 0 Å². The first-order valence-corrected chi connectivity index (χ1v) is 8.65. The zero-order chi connectivity index (χ0) is 17.1. The molecule has 1 fully saturated rings. The quantitative estimate of drug-likeness (QED) is 0.764. The molecule has 3 rings (SSSR count). The van der Waals surface area contributed by atoms with Crippen molar-refractivity contribution in [2.75, 3.05) is 20.1 Å². The van der Waals surface area contributed by atoms with Crippen molar-refractivity contribution in [3.63, 3.8) is 0 Å². The number of carbonyl (C=O) groups excluding carboxylic acids is 1. The second-order valence-electron chi connectivity index (χ2n) is 6.67. The summed E-state index contributed by atoms with van der Waals surface area (Å²) in [5, 5.41) is 12.8. The minimum Gasteiger partial charge on any atom is -0.391 e. The Morgan fingerprint density at radius 2 is 2.21 bits per heavy atom. The lowest BCUT2D eigenvalue weighted by Crippen LogP contribution is -2.42. The summed E-state index contributed by atoms with van der Waals surface area (Å²) >= 11 is 0. The van der Waals surface area contributed by atoms with Crippen LogP contribution in [0.1, 0.15) is 25.1 Å². The van der Waals surface area contributed by atoms with Crippen LogP contribution < -0.4 is 5.32 Å². The summed E-state index contributed by atoms with van der Waals surface area (Å²) in [5.41, 5.74) is 2.14. The summed E-state index contributed by atoms with van der Waals surface area (Å²) in [7, 11) is 1.73. The number of likely N-dealkylation sites (N-methyl/N-ethyl adjacent to an activating group) is 1. The van der Waals surface area contributed by atoms with Crippen LogP contribution in [0.25, 0.3) is 11.0 Å². The first-order chi connectivity index (χ1) is 11.6. The topological polar surface area (TPSA) is 70.4 Å². The lowest BCUT2D eigenvalue weighted by Gasteiger charge is -2.21. The first-order valence-electron chi connectivity index (χ1n) is 8.65. The summed E-state index contributed by atoms with van der Waals surface area (Å²) in [5.74, 6) is 1.38.